The molecule has 1 saturated carbocycles. The first-order valence-electron chi connectivity index (χ1n) is 6.35. The Bertz CT molecular complexity index is 547. The van der Waals surface area contributed by atoms with E-state index in [-0.39, 0.29) is 11.0 Å². The van der Waals surface area contributed by atoms with Gasteiger partial charge in [-0.15, -0.1) is 0 Å². The zero-order valence-corrected chi connectivity index (χ0v) is 11.4. The molecule has 102 valence electrons. The van der Waals surface area contributed by atoms with Gasteiger partial charge in [0, 0.05) is 18.5 Å². The van der Waals surface area contributed by atoms with Crippen LogP contribution < -0.4 is 16.5 Å². The van der Waals surface area contributed by atoms with Crippen molar-refractivity contribution in [3.05, 3.63) is 34.2 Å². The molecule has 1 aromatic rings. The summed E-state index contributed by atoms with van der Waals surface area (Å²) in [7, 11) is 0. The lowest BCUT2D eigenvalue weighted by atomic mass is 9.81. The van der Waals surface area contributed by atoms with Crippen LogP contribution >= 0.6 is 12.2 Å². The summed E-state index contributed by atoms with van der Waals surface area (Å²) in [6.45, 7) is 0. The fourth-order valence-electron chi connectivity index (χ4n) is 2.47. The van der Waals surface area contributed by atoms with Gasteiger partial charge in [0.15, 0.2) is 5.43 Å². The first-order valence-corrected chi connectivity index (χ1v) is 6.75. The summed E-state index contributed by atoms with van der Waals surface area (Å²) in [5, 5.41) is 2.86. The summed E-state index contributed by atoms with van der Waals surface area (Å²) in [4.78, 5) is 26.9. The monoisotopic (exact) mass is 279 g/mol. The van der Waals surface area contributed by atoms with Crippen LogP contribution in [-0.2, 0) is 0 Å². The third-order valence-electron chi connectivity index (χ3n) is 3.60. The van der Waals surface area contributed by atoms with Crippen molar-refractivity contribution in [1.82, 2.24) is 10.3 Å². The Kier molecular flexibility index (Phi) is 3.99. The number of thiocarbonyl (C=S) groups is 1. The number of nitrogens with two attached hydrogens (primary N) is 1. The average molecular weight is 279 g/mol. The molecule has 0 aliphatic heterocycles. The van der Waals surface area contributed by atoms with Gasteiger partial charge >= 0.3 is 0 Å². The van der Waals surface area contributed by atoms with Gasteiger partial charge in [0.25, 0.3) is 5.91 Å². The molecule has 0 bridgehead atoms. The van der Waals surface area contributed by atoms with Gasteiger partial charge in [-0.25, -0.2) is 0 Å². The summed E-state index contributed by atoms with van der Waals surface area (Å²) in [5.74, 6) is -0.420. The average Bonchev–Trinajstić information content (AvgIpc) is 2.40. The van der Waals surface area contributed by atoms with Crippen LogP contribution in [0.1, 0.15) is 42.5 Å². The summed E-state index contributed by atoms with van der Waals surface area (Å²) in [5.41, 5.74) is 4.92. The highest BCUT2D eigenvalue weighted by molar-refractivity contribution is 7.80. The van der Waals surface area contributed by atoms with Crippen LogP contribution in [-0.4, -0.2) is 21.4 Å². The maximum absolute atomic E-state index is 12.2. The van der Waals surface area contributed by atoms with Crippen molar-refractivity contribution in [2.45, 2.75) is 37.6 Å². The van der Waals surface area contributed by atoms with Gasteiger partial charge in [-0.05, 0) is 12.8 Å². The lowest BCUT2D eigenvalue weighted by molar-refractivity contribution is 0.0907. The number of aromatic amines is 1. The Balaban J connectivity index is 2.23. The molecule has 1 aliphatic rings. The number of nitrogens with one attached hydrogen (secondary N) is 2. The van der Waals surface area contributed by atoms with E-state index < -0.39 is 11.4 Å². The lowest BCUT2D eigenvalue weighted by Crippen LogP contribution is -2.58. The van der Waals surface area contributed by atoms with Gasteiger partial charge < -0.3 is 16.0 Å². The number of carbonyl (C=O) groups is 1. The third kappa shape index (κ3) is 2.84. The molecule has 2 rings (SSSR count). The van der Waals surface area contributed by atoms with Crippen LogP contribution in [0.3, 0.4) is 0 Å². The van der Waals surface area contributed by atoms with Crippen LogP contribution in [0, 0.1) is 0 Å². The molecular weight excluding hydrogens is 262 g/mol. The molecule has 1 heterocycles. The number of carbonyl (C=O) groups excluding carboxylic acids is 1. The zero-order chi connectivity index (χ0) is 13.9. The molecular formula is C13H17N3O2S. The molecule has 1 aliphatic carbocycles. The van der Waals surface area contributed by atoms with E-state index >= 15 is 0 Å². The van der Waals surface area contributed by atoms with Crippen molar-refractivity contribution in [3.8, 4) is 0 Å². The number of hydrogen-bond acceptors (Lipinski definition) is 3. The molecule has 0 radical (unpaired) electrons. The predicted molar refractivity (Wildman–Crippen MR) is 77.1 cm³/mol. The molecule has 0 aromatic carbocycles. The number of hydrogen-bond donors (Lipinski definition) is 3. The Morgan fingerprint density at radius 2 is 2.05 bits per heavy atom. The second-order valence-corrected chi connectivity index (χ2v) is 5.32. The molecule has 5 nitrogen and oxygen atoms in total. The van der Waals surface area contributed by atoms with Crippen LogP contribution in [0.2, 0.25) is 0 Å². The van der Waals surface area contributed by atoms with Crippen LogP contribution in [0.5, 0.6) is 0 Å². The number of aromatic nitrogens is 1. The molecule has 0 atom stereocenters. The van der Waals surface area contributed by atoms with E-state index in [2.05, 4.69) is 10.3 Å². The predicted octanol–water partition coefficient (Wildman–Crippen LogP) is 1.09. The molecule has 1 fully saturated rings. The highest BCUT2D eigenvalue weighted by Crippen LogP contribution is 2.28. The number of rotatable bonds is 3. The molecule has 19 heavy (non-hydrogen) atoms. The standard InChI is InChI=1S/C13H17N3O2S/c14-12(19)13(5-2-1-3-6-13)16-11(18)9-8-15-7-4-10(9)17/h4,7-8H,1-3,5-6H2,(H2,14,19)(H,15,17)(H,16,18). The van der Waals surface area contributed by atoms with E-state index in [4.69, 9.17) is 18.0 Å². The minimum Gasteiger partial charge on any atom is -0.391 e. The second kappa shape index (κ2) is 5.52. The van der Waals surface area contributed by atoms with Gasteiger partial charge in [0.1, 0.15) is 5.56 Å². The topological polar surface area (TPSA) is 88.0 Å². The molecule has 1 amide bonds. The van der Waals surface area contributed by atoms with Crippen LogP contribution in [0.4, 0.5) is 0 Å². The van der Waals surface area contributed by atoms with E-state index in [1.165, 1.54) is 18.5 Å². The summed E-state index contributed by atoms with van der Waals surface area (Å²) < 4.78 is 0. The SMILES string of the molecule is NC(=S)C1(NC(=O)c2c[nH]ccc2=O)CCCCC1. The van der Waals surface area contributed by atoms with E-state index in [0.29, 0.717) is 4.99 Å². The number of amides is 1. The van der Waals surface area contributed by atoms with Gasteiger partial charge in [-0.3, -0.25) is 9.59 Å². The Morgan fingerprint density at radius 1 is 1.37 bits per heavy atom. The molecule has 1 aromatic heterocycles. The summed E-state index contributed by atoms with van der Waals surface area (Å²) in [6.07, 6.45) is 7.42. The van der Waals surface area contributed by atoms with Gasteiger partial charge in [0.05, 0.1) is 10.5 Å². The number of pyridine rings is 1. The quantitative estimate of drug-likeness (QED) is 0.723. The van der Waals surface area contributed by atoms with Crippen LogP contribution in [0.15, 0.2) is 23.3 Å². The summed E-state index contributed by atoms with van der Waals surface area (Å²) in [6, 6.07) is 1.32. The van der Waals surface area contributed by atoms with Crippen molar-refractivity contribution in [1.29, 1.82) is 0 Å². The van der Waals surface area contributed by atoms with Crippen LogP contribution in [0.25, 0.3) is 0 Å². The van der Waals surface area contributed by atoms with Crippen molar-refractivity contribution in [2.75, 3.05) is 0 Å². The fourth-order valence-corrected chi connectivity index (χ4v) is 2.72. The smallest absolute Gasteiger partial charge is 0.257 e. The van der Waals surface area contributed by atoms with Gasteiger partial charge in [0.2, 0.25) is 0 Å². The largest absolute Gasteiger partial charge is 0.391 e. The third-order valence-corrected chi connectivity index (χ3v) is 3.99. The number of H-pyrrole nitrogens is 1. The maximum atomic E-state index is 12.2. The van der Waals surface area contributed by atoms with Gasteiger partial charge in [-0.1, -0.05) is 31.5 Å². The Labute approximate surface area is 116 Å². The first kappa shape index (κ1) is 13.7. The summed E-state index contributed by atoms with van der Waals surface area (Å²) >= 11 is 5.11. The van der Waals surface area contributed by atoms with E-state index in [0.717, 1.165) is 32.1 Å². The van der Waals surface area contributed by atoms with E-state index in [1.54, 1.807) is 0 Å². The molecule has 6 heteroatoms. The van der Waals surface area contributed by atoms with E-state index in [1.807, 2.05) is 0 Å². The second-order valence-electron chi connectivity index (χ2n) is 4.88. The van der Waals surface area contributed by atoms with Crippen molar-refractivity contribution < 1.29 is 4.79 Å². The normalized spacial score (nSPS) is 17.7. The van der Waals surface area contributed by atoms with Crippen molar-refractivity contribution in [2.24, 2.45) is 5.73 Å². The molecule has 4 N–H and O–H groups in total. The maximum Gasteiger partial charge on any atom is 0.257 e. The van der Waals surface area contributed by atoms with Crippen molar-refractivity contribution >= 4 is 23.1 Å². The zero-order valence-electron chi connectivity index (χ0n) is 10.6. The first-order chi connectivity index (χ1) is 9.05. The highest BCUT2D eigenvalue weighted by Gasteiger charge is 2.36. The minimum absolute atomic E-state index is 0.0868. The van der Waals surface area contributed by atoms with Gasteiger partial charge in [-0.2, -0.15) is 0 Å². The van der Waals surface area contributed by atoms with E-state index in [9.17, 15) is 9.59 Å². The highest BCUT2D eigenvalue weighted by atomic mass is 32.1. The molecule has 0 spiro atoms. The minimum atomic E-state index is -0.646. The lowest BCUT2D eigenvalue weighted by Gasteiger charge is -2.37. The van der Waals surface area contributed by atoms with Crippen molar-refractivity contribution in [3.63, 3.8) is 0 Å². The fraction of sp³-hybridized carbons (Fsp3) is 0.462. The Morgan fingerprint density at radius 3 is 2.63 bits per heavy atom. The molecule has 0 saturated heterocycles. The Hall–Kier alpha value is -1.69. The molecule has 0 unspecified atom stereocenters.